The van der Waals surface area contributed by atoms with Crippen LogP contribution in [-0.4, -0.2) is 29.1 Å². The second kappa shape index (κ2) is 3.95. The molecular formula is C9H9N3O3. The van der Waals surface area contributed by atoms with Crippen molar-refractivity contribution >= 4 is 11.8 Å². The Kier molecular flexibility index (Phi) is 2.49. The summed E-state index contributed by atoms with van der Waals surface area (Å²) >= 11 is 0. The highest BCUT2D eigenvalue weighted by atomic mass is 16.6. The second-order valence-electron chi connectivity index (χ2n) is 2.94. The van der Waals surface area contributed by atoms with Gasteiger partial charge in [0.15, 0.2) is 12.2 Å². The van der Waals surface area contributed by atoms with Gasteiger partial charge in [-0.25, -0.2) is 0 Å². The van der Waals surface area contributed by atoms with Gasteiger partial charge in [-0.05, 0) is 12.1 Å². The summed E-state index contributed by atoms with van der Waals surface area (Å²) in [6.45, 7) is 0.579. The van der Waals surface area contributed by atoms with Gasteiger partial charge < -0.3 is 9.94 Å². The number of rotatable bonds is 2. The predicted molar refractivity (Wildman–Crippen MR) is 50.2 cm³/mol. The molecule has 0 N–H and O–H groups in total. The normalized spacial score (nSPS) is 16.7. The predicted octanol–water partition coefficient (Wildman–Crippen LogP) is 1.65. The zero-order valence-corrected chi connectivity index (χ0v) is 7.87. The van der Waals surface area contributed by atoms with Gasteiger partial charge in [-0.15, -0.1) is 4.86 Å². The molecule has 1 aliphatic heterocycles. The summed E-state index contributed by atoms with van der Waals surface area (Å²) in [5.74, 6) is 0. The van der Waals surface area contributed by atoms with Crippen LogP contribution in [0.3, 0.4) is 0 Å². The van der Waals surface area contributed by atoms with Gasteiger partial charge in [0.05, 0.1) is 0 Å². The van der Waals surface area contributed by atoms with Gasteiger partial charge in [0.1, 0.15) is 11.8 Å². The molecule has 1 aromatic rings. The van der Waals surface area contributed by atoms with Crippen molar-refractivity contribution in [3.05, 3.63) is 35.5 Å². The van der Waals surface area contributed by atoms with E-state index in [0.29, 0.717) is 17.1 Å². The number of ether oxygens (including phenoxy) is 1. The van der Waals surface area contributed by atoms with Crippen LogP contribution in [0.2, 0.25) is 0 Å². The molecule has 1 heterocycles. The molecule has 15 heavy (non-hydrogen) atoms. The Morgan fingerprint density at radius 3 is 2.73 bits per heavy atom. The third kappa shape index (κ3) is 2.04. The molecule has 0 saturated carbocycles. The maximum atomic E-state index is 11.4. The molecule has 0 atom stereocenters. The number of cyclic esters (lactones) is 1. The zero-order valence-electron chi connectivity index (χ0n) is 7.87. The number of carbonyl (C=O) groups is 1. The molecule has 1 aromatic carbocycles. The molecule has 6 nitrogen and oxygen atoms in total. The molecule has 1 amide bonds. The number of nitrogens with zero attached hydrogens (tertiary/aromatic N) is 3. The fourth-order valence-electron chi connectivity index (χ4n) is 1.17. The van der Waals surface area contributed by atoms with Crippen molar-refractivity contribution in [1.29, 1.82) is 0 Å². The van der Waals surface area contributed by atoms with E-state index in [1.807, 2.05) is 0 Å². The Balaban J connectivity index is 2.17. The standard InChI is InChI=1S/C9H9N3O3/c13-9-11(6-7-15-9)10-12(14)8-4-2-1-3-5-8/h1-5H,6-7H2. The first-order valence-electron chi connectivity index (χ1n) is 4.45. The fraction of sp³-hybridized carbons (Fsp3) is 0.222. The fourth-order valence-corrected chi connectivity index (χ4v) is 1.17. The van der Waals surface area contributed by atoms with Gasteiger partial charge in [0.2, 0.25) is 0 Å². The van der Waals surface area contributed by atoms with Crippen LogP contribution in [0, 0.1) is 5.21 Å². The molecule has 0 unspecified atom stereocenters. The van der Waals surface area contributed by atoms with Gasteiger partial charge in [-0.3, -0.25) is 0 Å². The molecule has 0 spiro atoms. The maximum Gasteiger partial charge on any atom is 0.528 e. The smallest absolute Gasteiger partial charge is 0.528 e. The van der Waals surface area contributed by atoms with E-state index in [9.17, 15) is 10.0 Å². The first kappa shape index (κ1) is 9.45. The molecule has 6 heteroatoms. The molecule has 1 fully saturated rings. The minimum Gasteiger partial charge on any atom is -0.691 e. The number of amides is 1. The van der Waals surface area contributed by atoms with Crippen LogP contribution in [-0.2, 0) is 4.74 Å². The molecule has 78 valence electrons. The Morgan fingerprint density at radius 1 is 1.40 bits per heavy atom. The Morgan fingerprint density at radius 2 is 2.13 bits per heavy atom. The molecule has 1 aliphatic rings. The van der Waals surface area contributed by atoms with Gasteiger partial charge in [0, 0.05) is 0 Å². The van der Waals surface area contributed by atoms with Crippen LogP contribution < -0.4 is 0 Å². The van der Waals surface area contributed by atoms with E-state index in [0.717, 1.165) is 5.01 Å². The SMILES string of the molecule is O=C1OCCN1N=[N+]([O-])c1ccccc1. The van der Waals surface area contributed by atoms with Crippen molar-refractivity contribution < 1.29 is 14.4 Å². The number of hydrogen-bond acceptors (Lipinski definition) is 4. The Hall–Kier alpha value is -2.11. The number of para-hydroxylation sites is 1. The Bertz CT molecular complexity index is 391. The minimum absolute atomic E-state index is 0.269. The lowest BCUT2D eigenvalue weighted by molar-refractivity contribution is -0.457. The summed E-state index contributed by atoms with van der Waals surface area (Å²) in [7, 11) is 0. The number of carbonyl (C=O) groups excluding carboxylic acids is 1. The van der Waals surface area contributed by atoms with Gasteiger partial charge in [0.25, 0.3) is 0 Å². The van der Waals surface area contributed by atoms with Gasteiger partial charge >= 0.3 is 6.09 Å². The second-order valence-corrected chi connectivity index (χ2v) is 2.94. The van der Waals surface area contributed by atoms with Crippen LogP contribution in [0.15, 0.2) is 35.6 Å². The molecule has 1 saturated heterocycles. The third-order valence-electron chi connectivity index (χ3n) is 1.91. The quantitative estimate of drug-likeness (QED) is 0.420. The number of benzene rings is 1. The van der Waals surface area contributed by atoms with Gasteiger partial charge in [-0.2, -0.15) is 4.79 Å². The van der Waals surface area contributed by atoms with Gasteiger partial charge in [-0.1, -0.05) is 23.2 Å². The summed E-state index contributed by atoms with van der Waals surface area (Å²) in [6.07, 6.45) is -0.591. The average molecular weight is 207 g/mol. The zero-order chi connectivity index (χ0) is 10.7. The van der Waals surface area contributed by atoms with E-state index < -0.39 is 6.09 Å². The van der Waals surface area contributed by atoms with E-state index >= 15 is 0 Å². The van der Waals surface area contributed by atoms with Crippen molar-refractivity contribution in [2.24, 2.45) is 5.22 Å². The summed E-state index contributed by atoms with van der Waals surface area (Å²) < 4.78 is 4.63. The van der Waals surface area contributed by atoms with Crippen molar-refractivity contribution in [2.45, 2.75) is 0 Å². The van der Waals surface area contributed by atoms with E-state index in [-0.39, 0.29) is 6.61 Å². The highest BCUT2D eigenvalue weighted by Gasteiger charge is 2.30. The lowest BCUT2D eigenvalue weighted by Crippen LogP contribution is -2.19. The molecule has 0 radical (unpaired) electrons. The first-order chi connectivity index (χ1) is 7.27. The highest BCUT2D eigenvalue weighted by molar-refractivity contribution is 5.68. The van der Waals surface area contributed by atoms with E-state index in [1.54, 1.807) is 30.3 Å². The van der Waals surface area contributed by atoms with E-state index in [4.69, 9.17) is 0 Å². The lowest BCUT2D eigenvalue weighted by atomic mass is 10.3. The monoisotopic (exact) mass is 207 g/mol. The summed E-state index contributed by atoms with van der Waals surface area (Å²) in [5.41, 5.74) is 0.372. The topological polar surface area (TPSA) is 68.0 Å². The van der Waals surface area contributed by atoms with Crippen LogP contribution in [0.1, 0.15) is 0 Å². The summed E-state index contributed by atoms with van der Waals surface area (Å²) in [4.78, 5) is 11.4. The maximum absolute atomic E-state index is 11.4. The van der Waals surface area contributed by atoms with Crippen molar-refractivity contribution in [3.63, 3.8) is 0 Å². The minimum atomic E-state index is -0.591. The molecule has 0 aliphatic carbocycles. The van der Waals surface area contributed by atoms with E-state index in [2.05, 4.69) is 9.96 Å². The molecular weight excluding hydrogens is 198 g/mol. The van der Waals surface area contributed by atoms with Crippen LogP contribution in [0.25, 0.3) is 0 Å². The van der Waals surface area contributed by atoms with Crippen molar-refractivity contribution in [3.8, 4) is 0 Å². The average Bonchev–Trinajstić information content (AvgIpc) is 2.66. The van der Waals surface area contributed by atoms with Crippen LogP contribution in [0.5, 0.6) is 0 Å². The van der Waals surface area contributed by atoms with Crippen LogP contribution in [0.4, 0.5) is 10.5 Å². The third-order valence-corrected chi connectivity index (χ3v) is 1.91. The van der Waals surface area contributed by atoms with E-state index in [1.165, 1.54) is 0 Å². The molecule has 2 rings (SSSR count). The summed E-state index contributed by atoms with van der Waals surface area (Å²) in [5, 5.41) is 16.0. The number of hydrogen-bond donors (Lipinski definition) is 0. The lowest BCUT2D eigenvalue weighted by Gasteiger charge is -2.06. The summed E-state index contributed by atoms with van der Waals surface area (Å²) in [6, 6.07) is 8.45. The molecule has 0 aromatic heterocycles. The first-order valence-corrected chi connectivity index (χ1v) is 4.45. The van der Waals surface area contributed by atoms with Crippen molar-refractivity contribution in [1.82, 2.24) is 5.01 Å². The van der Waals surface area contributed by atoms with Crippen LogP contribution >= 0.6 is 0 Å². The highest BCUT2D eigenvalue weighted by Crippen LogP contribution is 2.12. The largest absolute Gasteiger partial charge is 0.691 e. The molecule has 0 bridgehead atoms. The Labute approximate surface area is 85.9 Å². The van der Waals surface area contributed by atoms with Crippen molar-refractivity contribution in [2.75, 3.05) is 13.2 Å².